The molecule has 0 aliphatic heterocycles. The molecule has 0 fully saturated rings. The standard InChI is InChI=1S/C10H18F2N2O5/c1-18-7(4-9(15)16)5-14-10(17)13-2-3-19-6-8(11)12/h7-8H,2-6H2,1H3,(H,15,16)(H2,13,14,17). The molecule has 0 saturated carbocycles. The van der Waals surface area contributed by atoms with Crippen molar-refractivity contribution in [3.63, 3.8) is 0 Å². The zero-order valence-electron chi connectivity index (χ0n) is 10.5. The Balaban J connectivity index is 3.60. The van der Waals surface area contributed by atoms with Gasteiger partial charge < -0.3 is 25.2 Å². The van der Waals surface area contributed by atoms with Crippen LogP contribution in [-0.4, -0.2) is 63.0 Å². The van der Waals surface area contributed by atoms with E-state index in [2.05, 4.69) is 15.4 Å². The van der Waals surface area contributed by atoms with E-state index in [4.69, 9.17) is 9.84 Å². The molecule has 0 rings (SSSR count). The first-order valence-electron chi connectivity index (χ1n) is 5.57. The summed E-state index contributed by atoms with van der Waals surface area (Å²) in [5.41, 5.74) is 0. The Hall–Kier alpha value is -1.48. The van der Waals surface area contributed by atoms with Crippen LogP contribution in [0.15, 0.2) is 0 Å². The molecule has 0 spiro atoms. The van der Waals surface area contributed by atoms with Crippen LogP contribution in [0.3, 0.4) is 0 Å². The second-order valence-electron chi connectivity index (χ2n) is 3.56. The summed E-state index contributed by atoms with van der Waals surface area (Å²) in [7, 11) is 1.34. The first-order chi connectivity index (χ1) is 8.95. The zero-order valence-corrected chi connectivity index (χ0v) is 10.5. The number of hydrogen-bond acceptors (Lipinski definition) is 4. The van der Waals surface area contributed by atoms with Gasteiger partial charge in [0.25, 0.3) is 6.43 Å². The summed E-state index contributed by atoms with van der Waals surface area (Å²) in [5, 5.41) is 13.3. The molecule has 0 aromatic heterocycles. The Kier molecular flexibility index (Phi) is 9.63. The average Bonchev–Trinajstić information content (AvgIpc) is 2.33. The fourth-order valence-electron chi connectivity index (χ4n) is 1.11. The number of carbonyl (C=O) groups excluding carboxylic acids is 1. The molecule has 2 amide bonds. The SMILES string of the molecule is COC(CNC(=O)NCCOCC(F)F)CC(=O)O. The van der Waals surface area contributed by atoms with Crippen LogP contribution in [0.4, 0.5) is 13.6 Å². The van der Waals surface area contributed by atoms with Crippen LogP contribution < -0.4 is 10.6 Å². The number of carboxylic acid groups (broad SMARTS) is 1. The van der Waals surface area contributed by atoms with Crippen molar-refractivity contribution in [1.82, 2.24) is 10.6 Å². The minimum atomic E-state index is -2.53. The lowest BCUT2D eigenvalue weighted by molar-refractivity contribution is -0.139. The maximum absolute atomic E-state index is 11.7. The molecule has 0 aliphatic rings. The van der Waals surface area contributed by atoms with E-state index < -0.39 is 31.1 Å². The topological polar surface area (TPSA) is 96.9 Å². The summed E-state index contributed by atoms with van der Waals surface area (Å²) in [6.45, 7) is -0.587. The second kappa shape index (κ2) is 10.4. The van der Waals surface area contributed by atoms with Crippen LogP contribution >= 0.6 is 0 Å². The number of carbonyl (C=O) groups is 2. The normalized spacial score (nSPS) is 12.2. The lowest BCUT2D eigenvalue weighted by Crippen LogP contribution is -2.42. The average molecular weight is 284 g/mol. The van der Waals surface area contributed by atoms with Gasteiger partial charge in [-0.3, -0.25) is 4.79 Å². The van der Waals surface area contributed by atoms with E-state index in [1.54, 1.807) is 0 Å². The van der Waals surface area contributed by atoms with E-state index in [9.17, 15) is 18.4 Å². The molecular weight excluding hydrogens is 266 g/mol. The van der Waals surface area contributed by atoms with Gasteiger partial charge in [-0.25, -0.2) is 13.6 Å². The molecule has 0 aromatic carbocycles. The van der Waals surface area contributed by atoms with Crippen LogP contribution in [0, 0.1) is 0 Å². The summed E-state index contributed by atoms with van der Waals surface area (Å²) in [5.74, 6) is -1.03. The number of alkyl halides is 2. The number of hydrogen-bond donors (Lipinski definition) is 3. The highest BCUT2D eigenvalue weighted by atomic mass is 19.3. The third-order valence-electron chi connectivity index (χ3n) is 2.00. The van der Waals surface area contributed by atoms with E-state index >= 15 is 0 Å². The Morgan fingerprint density at radius 3 is 2.53 bits per heavy atom. The number of amides is 2. The van der Waals surface area contributed by atoms with E-state index in [1.807, 2.05) is 0 Å². The zero-order chi connectivity index (χ0) is 14.7. The van der Waals surface area contributed by atoms with Crippen molar-refractivity contribution in [1.29, 1.82) is 0 Å². The van der Waals surface area contributed by atoms with Crippen molar-refractivity contribution in [3.8, 4) is 0 Å². The lowest BCUT2D eigenvalue weighted by Gasteiger charge is -2.14. The minimum absolute atomic E-state index is 0.0272. The first kappa shape index (κ1) is 17.5. The van der Waals surface area contributed by atoms with Crippen molar-refractivity contribution >= 4 is 12.0 Å². The fraction of sp³-hybridized carbons (Fsp3) is 0.800. The monoisotopic (exact) mass is 284 g/mol. The summed E-state index contributed by atoms with van der Waals surface area (Å²) in [6.07, 6.45) is -3.39. The second-order valence-corrected chi connectivity index (χ2v) is 3.56. The van der Waals surface area contributed by atoms with Gasteiger partial charge in [0, 0.05) is 20.2 Å². The van der Waals surface area contributed by atoms with Crippen LogP contribution in [-0.2, 0) is 14.3 Å². The molecule has 1 atom stereocenters. The Bertz CT molecular complexity index is 279. The van der Waals surface area contributed by atoms with Crippen molar-refractivity contribution in [2.75, 3.05) is 33.4 Å². The number of aliphatic carboxylic acids is 1. The third-order valence-corrected chi connectivity index (χ3v) is 2.00. The summed E-state index contributed by atoms with van der Waals surface area (Å²) < 4.78 is 32.8. The molecule has 19 heavy (non-hydrogen) atoms. The van der Waals surface area contributed by atoms with Gasteiger partial charge in [0.05, 0.1) is 19.1 Å². The highest BCUT2D eigenvalue weighted by Gasteiger charge is 2.13. The molecule has 0 heterocycles. The van der Waals surface area contributed by atoms with Crippen molar-refractivity contribution in [3.05, 3.63) is 0 Å². The third kappa shape index (κ3) is 11.3. The number of rotatable bonds is 10. The molecule has 1 unspecified atom stereocenters. The molecule has 0 aliphatic carbocycles. The Morgan fingerprint density at radius 1 is 1.32 bits per heavy atom. The van der Waals surface area contributed by atoms with E-state index in [-0.39, 0.29) is 26.1 Å². The van der Waals surface area contributed by atoms with Gasteiger partial charge in [-0.2, -0.15) is 0 Å². The van der Waals surface area contributed by atoms with Gasteiger partial charge in [0.2, 0.25) is 0 Å². The van der Waals surface area contributed by atoms with Gasteiger partial charge in [0.15, 0.2) is 0 Å². The van der Waals surface area contributed by atoms with Gasteiger partial charge in [-0.15, -0.1) is 0 Å². The lowest BCUT2D eigenvalue weighted by atomic mass is 10.2. The van der Waals surface area contributed by atoms with Gasteiger partial charge >= 0.3 is 12.0 Å². The van der Waals surface area contributed by atoms with Crippen LogP contribution in [0.2, 0.25) is 0 Å². The predicted molar refractivity (Wildman–Crippen MR) is 61.3 cm³/mol. The summed E-state index contributed by atoms with van der Waals surface area (Å²) >= 11 is 0. The number of urea groups is 1. The maximum Gasteiger partial charge on any atom is 0.314 e. The van der Waals surface area contributed by atoms with E-state index in [1.165, 1.54) is 7.11 Å². The first-order valence-corrected chi connectivity index (χ1v) is 5.57. The fourth-order valence-corrected chi connectivity index (χ4v) is 1.11. The van der Waals surface area contributed by atoms with Crippen molar-refractivity contribution in [2.45, 2.75) is 19.0 Å². The number of halogens is 2. The molecule has 7 nitrogen and oxygen atoms in total. The molecular formula is C10H18F2N2O5. The molecule has 0 bridgehead atoms. The van der Waals surface area contributed by atoms with Crippen LogP contribution in [0.1, 0.15) is 6.42 Å². The largest absolute Gasteiger partial charge is 0.481 e. The van der Waals surface area contributed by atoms with Crippen molar-refractivity contribution in [2.24, 2.45) is 0 Å². The highest BCUT2D eigenvalue weighted by molar-refractivity contribution is 5.74. The maximum atomic E-state index is 11.7. The van der Waals surface area contributed by atoms with Gasteiger partial charge in [-0.1, -0.05) is 0 Å². The number of ether oxygens (including phenoxy) is 2. The summed E-state index contributed by atoms with van der Waals surface area (Å²) in [4.78, 5) is 21.6. The Morgan fingerprint density at radius 2 is 2.00 bits per heavy atom. The molecule has 3 N–H and O–H groups in total. The van der Waals surface area contributed by atoms with Crippen molar-refractivity contribution < 1.29 is 33.0 Å². The molecule has 0 radical (unpaired) electrons. The van der Waals surface area contributed by atoms with Crippen LogP contribution in [0.25, 0.3) is 0 Å². The Labute approximate surface area is 109 Å². The summed E-state index contributed by atoms with van der Waals surface area (Å²) in [6, 6.07) is -0.548. The smallest absolute Gasteiger partial charge is 0.314 e. The predicted octanol–water partition coefficient (Wildman–Crippen LogP) is 0.0570. The number of methoxy groups -OCH3 is 1. The molecule has 112 valence electrons. The molecule has 0 aromatic rings. The highest BCUT2D eigenvalue weighted by Crippen LogP contribution is 1.95. The quantitative estimate of drug-likeness (QED) is 0.493. The van der Waals surface area contributed by atoms with E-state index in [0.717, 1.165) is 0 Å². The van der Waals surface area contributed by atoms with Gasteiger partial charge in [0.1, 0.15) is 6.61 Å². The molecule has 0 saturated heterocycles. The van der Waals surface area contributed by atoms with E-state index in [0.29, 0.717) is 0 Å². The van der Waals surface area contributed by atoms with Gasteiger partial charge in [-0.05, 0) is 0 Å². The number of carboxylic acids is 1. The van der Waals surface area contributed by atoms with Crippen LogP contribution in [0.5, 0.6) is 0 Å². The molecule has 9 heteroatoms. The number of nitrogens with one attached hydrogen (secondary N) is 2. The minimum Gasteiger partial charge on any atom is -0.481 e.